The van der Waals surface area contributed by atoms with E-state index in [2.05, 4.69) is 9.88 Å². The van der Waals surface area contributed by atoms with Crippen molar-refractivity contribution in [2.75, 3.05) is 44.2 Å². The topological polar surface area (TPSA) is 123 Å². The second-order valence-electron chi connectivity index (χ2n) is 8.50. The second kappa shape index (κ2) is 9.49. The highest BCUT2D eigenvalue weighted by Gasteiger charge is 2.34. The first-order valence-electron chi connectivity index (χ1n) is 10.7. The van der Waals surface area contributed by atoms with Crippen LogP contribution in [-0.2, 0) is 6.54 Å². The average Bonchev–Trinajstić information content (AvgIpc) is 3.29. The van der Waals surface area contributed by atoms with Crippen LogP contribution in [0.25, 0.3) is 0 Å². The molecule has 0 saturated carbocycles. The summed E-state index contributed by atoms with van der Waals surface area (Å²) in [6, 6.07) is 7.13. The van der Waals surface area contributed by atoms with Crippen LogP contribution in [-0.4, -0.2) is 71.1 Å². The van der Waals surface area contributed by atoms with Gasteiger partial charge >= 0.3 is 6.03 Å². The molecule has 4 rings (SSSR count). The Balaban J connectivity index is 1.39. The summed E-state index contributed by atoms with van der Waals surface area (Å²) in [6.45, 7) is 4.43. The van der Waals surface area contributed by atoms with E-state index >= 15 is 0 Å². The number of aromatic nitrogens is 1. The Kier molecular flexibility index (Phi) is 6.53. The standard InChI is InChI=1S/C22H30N6O3/c23-21(24)18-2-1-3-19(8-18)28-12-17(14-29)11-27(22(28)30)10-16-4-6-26(7-5-16)13-20-9-25-15-31-20/h1-3,8-9,15-17,29H,4-7,10-14H2,(H3,23,24). The number of hydrogen-bond donors (Lipinski definition) is 3. The van der Waals surface area contributed by atoms with Crippen molar-refractivity contribution in [2.45, 2.75) is 19.4 Å². The van der Waals surface area contributed by atoms with Crippen molar-refractivity contribution in [3.8, 4) is 0 Å². The van der Waals surface area contributed by atoms with Gasteiger partial charge in [0, 0.05) is 43.4 Å². The summed E-state index contributed by atoms with van der Waals surface area (Å²) in [5, 5.41) is 17.5. The third-order valence-corrected chi connectivity index (χ3v) is 6.20. The summed E-state index contributed by atoms with van der Waals surface area (Å²) in [5.41, 5.74) is 6.92. The average molecular weight is 427 g/mol. The van der Waals surface area contributed by atoms with E-state index in [0.29, 0.717) is 36.8 Å². The van der Waals surface area contributed by atoms with Gasteiger partial charge in [0.1, 0.15) is 11.6 Å². The van der Waals surface area contributed by atoms with Crippen LogP contribution in [0.15, 0.2) is 41.3 Å². The lowest BCUT2D eigenvalue weighted by Crippen LogP contribution is -2.56. The van der Waals surface area contributed by atoms with Crippen LogP contribution in [0.2, 0.25) is 0 Å². The number of nitrogens with one attached hydrogen (secondary N) is 1. The number of urea groups is 1. The molecule has 1 aromatic carbocycles. The molecule has 2 fully saturated rings. The van der Waals surface area contributed by atoms with Gasteiger partial charge in [-0.3, -0.25) is 15.2 Å². The van der Waals surface area contributed by atoms with Crippen LogP contribution in [0.5, 0.6) is 0 Å². The minimum absolute atomic E-state index is 0.00905. The van der Waals surface area contributed by atoms with Gasteiger partial charge in [-0.1, -0.05) is 12.1 Å². The van der Waals surface area contributed by atoms with Crippen molar-refractivity contribution >= 4 is 17.6 Å². The molecule has 9 heteroatoms. The molecular weight excluding hydrogens is 396 g/mol. The minimum atomic E-state index is -0.0468. The third kappa shape index (κ3) is 5.05. The predicted molar refractivity (Wildman–Crippen MR) is 117 cm³/mol. The van der Waals surface area contributed by atoms with E-state index in [4.69, 9.17) is 15.6 Å². The van der Waals surface area contributed by atoms with E-state index < -0.39 is 0 Å². The molecule has 1 unspecified atom stereocenters. The second-order valence-corrected chi connectivity index (χ2v) is 8.50. The first-order valence-corrected chi connectivity index (χ1v) is 10.7. The van der Waals surface area contributed by atoms with E-state index in [-0.39, 0.29) is 24.4 Å². The molecule has 0 bridgehead atoms. The highest BCUT2D eigenvalue weighted by atomic mass is 16.3. The number of nitrogens with two attached hydrogens (primary N) is 1. The van der Waals surface area contributed by atoms with E-state index in [1.807, 2.05) is 11.0 Å². The SMILES string of the molecule is N=C(N)c1cccc(N2CC(CO)CN(CC3CCN(Cc4cnco4)CC3)C2=O)c1. The van der Waals surface area contributed by atoms with Crippen molar-refractivity contribution in [3.05, 3.63) is 48.2 Å². The molecule has 0 aliphatic carbocycles. The number of carbonyl (C=O) groups is 1. The van der Waals surface area contributed by atoms with E-state index in [1.54, 1.807) is 29.3 Å². The number of amides is 2. The zero-order chi connectivity index (χ0) is 21.8. The quantitative estimate of drug-likeness (QED) is 0.458. The summed E-state index contributed by atoms with van der Waals surface area (Å²) >= 11 is 0. The fourth-order valence-corrected chi connectivity index (χ4v) is 4.46. The number of hydrogen-bond acceptors (Lipinski definition) is 6. The highest BCUT2D eigenvalue weighted by Crippen LogP contribution is 2.26. The van der Waals surface area contributed by atoms with Gasteiger partial charge in [0.25, 0.3) is 0 Å². The van der Waals surface area contributed by atoms with Crippen LogP contribution in [0, 0.1) is 17.2 Å². The normalized spacial score (nSPS) is 20.9. The number of aliphatic hydroxyl groups excluding tert-OH is 1. The van der Waals surface area contributed by atoms with E-state index in [9.17, 15) is 9.90 Å². The van der Waals surface area contributed by atoms with E-state index in [0.717, 1.165) is 38.2 Å². The fourth-order valence-electron chi connectivity index (χ4n) is 4.46. The smallest absolute Gasteiger partial charge is 0.324 e. The number of amidine groups is 1. The number of oxazole rings is 1. The number of piperidine rings is 1. The van der Waals surface area contributed by atoms with Gasteiger partial charge in [0.2, 0.25) is 0 Å². The molecule has 1 atom stereocenters. The molecule has 2 aromatic rings. The Bertz CT molecular complexity index is 894. The summed E-state index contributed by atoms with van der Waals surface area (Å²) in [4.78, 5) is 23.2. The molecule has 166 valence electrons. The number of rotatable bonds is 7. The fraction of sp³-hybridized carbons (Fsp3) is 0.500. The van der Waals surface area contributed by atoms with Crippen LogP contribution < -0.4 is 10.6 Å². The molecule has 1 aromatic heterocycles. The Labute approximate surface area is 181 Å². The van der Waals surface area contributed by atoms with Crippen molar-refractivity contribution in [1.29, 1.82) is 5.41 Å². The number of aliphatic hydroxyl groups is 1. The lowest BCUT2D eigenvalue weighted by Gasteiger charge is -2.42. The van der Waals surface area contributed by atoms with Gasteiger partial charge in [0.05, 0.1) is 12.7 Å². The molecule has 31 heavy (non-hydrogen) atoms. The maximum Gasteiger partial charge on any atom is 0.324 e. The van der Waals surface area contributed by atoms with Crippen LogP contribution in [0.3, 0.4) is 0 Å². The molecule has 9 nitrogen and oxygen atoms in total. The first kappa shape index (κ1) is 21.3. The van der Waals surface area contributed by atoms with E-state index in [1.165, 1.54) is 6.39 Å². The van der Waals surface area contributed by atoms with Crippen LogP contribution >= 0.6 is 0 Å². The lowest BCUT2D eigenvalue weighted by molar-refractivity contribution is 0.113. The number of anilines is 1. The van der Waals surface area contributed by atoms with Crippen molar-refractivity contribution in [2.24, 2.45) is 17.6 Å². The molecule has 0 radical (unpaired) electrons. The van der Waals surface area contributed by atoms with Gasteiger partial charge in [-0.2, -0.15) is 0 Å². The van der Waals surface area contributed by atoms with Crippen LogP contribution in [0.4, 0.5) is 10.5 Å². The lowest BCUT2D eigenvalue weighted by atomic mass is 9.95. The number of nitrogens with zero attached hydrogens (tertiary/aromatic N) is 4. The number of benzene rings is 1. The number of carbonyl (C=O) groups excluding carboxylic acids is 1. The highest BCUT2D eigenvalue weighted by molar-refractivity contribution is 5.98. The zero-order valence-corrected chi connectivity index (χ0v) is 17.6. The Morgan fingerprint density at radius 1 is 1.26 bits per heavy atom. The Hall–Kier alpha value is -2.91. The first-order chi connectivity index (χ1) is 15.0. The molecule has 0 spiro atoms. The van der Waals surface area contributed by atoms with Gasteiger partial charge in [-0.15, -0.1) is 0 Å². The molecule has 3 heterocycles. The van der Waals surface area contributed by atoms with Gasteiger partial charge in [-0.25, -0.2) is 9.78 Å². The zero-order valence-electron chi connectivity index (χ0n) is 17.6. The van der Waals surface area contributed by atoms with Crippen molar-refractivity contribution in [1.82, 2.24) is 14.8 Å². The number of likely N-dealkylation sites (tertiary alicyclic amines) is 1. The minimum Gasteiger partial charge on any atom is -0.447 e. The maximum atomic E-state index is 13.3. The van der Waals surface area contributed by atoms with Crippen molar-refractivity contribution < 1.29 is 14.3 Å². The summed E-state index contributed by atoms with van der Waals surface area (Å²) in [7, 11) is 0. The molecule has 2 aliphatic rings. The van der Waals surface area contributed by atoms with Crippen molar-refractivity contribution in [3.63, 3.8) is 0 Å². The Morgan fingerprint density at radius 3 is 2.74 bits per heavy atom. The molecule has 2 amide bonds. The summed E-state index contributed by atoms with van der Waals surface area (Å²) < 4.78 is 5.34. The maximum absolute atomic E-state index is 13.3. The monoisotopic (exact) mass is 426 g/mol. The van der Waals surface area contributed by atoms with Gasteiger partial charge < -0.3 is 20.2 Å². The Morgan fingerprint density at radius 2 is 2.06 bits per heavy atom. The molecule has 2 aliphatic heterocycles. The van der Waals surface area contributed by atoms with Crippen LogP contribution in [0.1, 0.15) is 24.2 Å². The number of nitrogen functional groups attached to an aromatic ring is 1. The summed E-state index contributed by atoms with van der Waals surface area (Å²) in [5.74, 6) is 1.26. The predicted octanol–water partition coefficient (Wildman–Crippen LogP) is 1.72. The largest absolute Gasteiger partial charge is 0.447 e. The summed E-state index contributed by atoms with van der Waals surface area (Å²) in [6.07, 6.45) is 5.24. The van der Waals surface area contributed by atoms with Gasteiger partial charge in [0.15, 0.2) is 6.39 Å². The molecule has 2 saturated heterocycles. The third-order valence-electron chi connectivity index (χ3n) is 6.20. The molecular formula is C22H30N6O3. The van der Waals surface area contributed by atoms with Gasteiger partial charge in [-0.05, 0) is 44.0 Å². The molecule has 4 N–H and O–H groups in total.